The Morgan fingerprint density at radius 3 is 2.56 bits per heavy atom. The third kappa shape index (κ3) is 2.44. The van der Waals surface area contributed by atoms with Crippen molar-refractivity contribution in [1.82, 2.24) is 35.8 Å². The Hall–Kier alpha value is -2.45. The van der Waals surface area contributed by atoms with Crippen LogP contribution < -0.4 is 5.32 Å². The highest BCUT2D eigenvalue weighted by atomic mass is 16.2. The molecule has 1 amide bonds. The first kappa shape index (κ1) is 12.0. The molecule has 0 radical (unpaired) electrons. The zero-order valence-electron chi connectivity index (χ0n) is 10.0. The van der Waals surface area contributed by atoms with Gasteiger partial charge in [-0.3, -0.25) is 10.1 Å². The minimum Gasteiger partial charge on any atom is -0.286 e. The Morgan fingerprint density at radius 1 is 1.17 bits per heavy atom. The highest BCUT2D eigenvalue weighted by Gasteiger charge is 2.14. The van der Waals surface area contributed by atoms with Crippen LogP contribution in [0.25, 0.3) is 0 Å². The molecule has 0 unspecified atom stereocenters. The normalized spacial score (nSPS) is 10.3. The van der Waals surface area contributed by atoms with Crippen LogP contribution in [0.5, 0.6) is 0 Å². The van der Waals surface area contributed by atoms with Crippen molar-refractivity contribution in [3.63, 3.8) is 0 Å². The highest BCUT2D eigenvalue weighted by Crippen LogP contribution is 2.07. The molecular formula is C9H12N8O. The van der Waals surface area contributed by atoms with Gasteiger partial charge in [-0.25, -0.2) is 4.98 Å². The Morgan fingerprint density at radius 2 is 1.94 bits per heavy atom. The van der Waals surface area contributed by atoms with E-state index in [-0.39, 0.29) is 11.8 Å². The van der Waals surface area contributed by atoms with Gasteiger partial charge < -0.3 is 0 Å². The molecule has 0 spiro atoms. The van der Waals surface area contributed by atoms with E-state index in [0.717, 1.165) is 24.2 Å². The van der Waals surface area contributed by atoms with E-state index in [1.54, 1.807) is 0 Å². The lowest BCUT2D eigenvalue weighted by atomic mass is 10.2. The molecule has 0 saturated heterocycles. The van der Waals surface area contributed by atoms with Gasteiger partial charge in [-0.2, -0.15) is 5.21 Å². The predicted octanol–water partition coefficient (Wildman–Crippen LogP) is -0.238. The zero-order valence-corrected chi connectivity index (χ0v) is 10.0. The molecule has 9 heteroatoms. The number of amides is 1. The predicted molar refractivity (Wildman–Crippen MR) is 60.7 cm³/mol. The third-order valence-corrected chi connectivity index (χ3v) is 2.28. The standard InChI is InChI=1S/C9H12N8O/c1-3-5-6(4-2)12-15-9(10-5)11-8(18)7-13-16-17-14-7/h3-4H2,1-2H3,(H,10,11,15,18)(H,13,14,16,17). The molecule has 0 fully saturated rings. The zero-order chi connectivity index (χ0) is 13.0. The van der Waals surface area contributed by atoms with Gasteiger partial charge in [-0.15, -0.1) is 20.4 Å². The monoisotopic (exact) mass is 248 g/mol. The summed E-state index contributed by atoms with van der Waals surface area (Å²) in [6, 6.07) is 0. The summed E-state index contributed by atoms with van der Waals surface area (Å²) in [4.78, 5) is 15.8. The molecule has 0 aliphatic rings. The fraction of sp³-hybridized carbons (Fsp3) is 0.444. The summed E-state index contributed by atoms with van der Waals surface area (Å²) in [5.74, 6) is -0.466. The number of aryl methyl sites for hydroxylation is 2. The van der Waals surface area contributed by atoms with Crippen LogP contribution in [0.1, 0.15) is 35.9 Å². The number of nitrogens with one attached hydrogen (secondary N) is 2. The van der Waals surface area contributed by atoms with Gasteiger partial charge in [-0.1, -0.05) is 13.8 Å². The molecule has 94 valence electrons. The van der Waals surface area contributed by atoms with E-state index in [4.69, 9.17) is 0 Å². The van der Waals surface area contributed by atoms with Gasteiger partial charge in [0.15, 0.2) is 0 Å². The molecule has 2 heterocycles. The average molecular weight is 248 g/mol. The van der Waals surface area contributed by atoms with Crippen LogP contribution in [0.2, 0.25) is 0 Å². The van der Waals surface area contributed by atoms with Gasteiger partial charge >= 0.3 is 0 Å². The van der Waals surface area contributed by atoms with E-state index >= 15 is 0 Å². The van der Waals surface area contributed by atoms with Gasteiger partial charge in [0, 0.05) is 0 Å². The summed E-state index contributed by atoms with van der Waals surface area (Å²) in [6.45, 7) is 3.94. The number of carbonyl (C=O) groups excluding carboxylic acids is 1. The maximum absolute atomic E-state index is 11.6. The van der Waals surface area contributed by atoms with Crippen LogP contribution in [0.15, 0.2) is 0 Å². The number of tetrazole rings is 1. The number of hydrogen-bond donors (Lipinski definition) is 2. The molecule has 0 bridgehead atoms. The van der Waals surface area contributed by atoms with Crippen molar-refractivity contribution in [2.75, 3.05) is 5.32 Å². The first-order valence-corrected chi connectivity index (χ1v) is 5.51. The number of aromatic amines is 1. The van der Waals surface area contributed by atoms with Crippen LogP contribution in [-0.2, 0) is 12.8 Å². The van der Waals surface area contributed by atoms with E-state index in [2.05, 4.69) is 41.1 Å². The van der Waals surface area contributed by atoms with Crippen molar-refractivity contribution in [1.29, 1.82) is 0 Å². The smallest absolute Gasteiger partial charge is 0.286 e. The molecule has 0 aromatic carbocycles. The lowest BCUT2D eigenvalue weighted by Crippen LogP contribution is -2.17. The fourth-order valence-electron chi connectivity index (χ4n) is 1.41. The summed E-state index contributed by atoms with van der Waals surface area (Å²) < 4.78 is 0. The van der Waals surface area contributed by atoms with Crippen molar-refractivity contribution in [2.24, 2.45) is 0 Å². The van der Waals surface area contributed by atoms with E-state index in [0.29, 0.717) is 0 Å². The van der Waals surface area contributed by atoms with Crippen molar-refractivity contribution in [3.05, 3.63) is 17.2 Å². The lowest BCUT2D eigenvalue weighted by Gasteiger charge is -2.05. The van der Waals surface area contributed by atoms with Crippen molar-refractivity contribution in [2.45, 2.75) is 26.7 Å². The van der Waals surface area contributed by atoms with E-state index in [9.17, 15) is 4.79 Å². The van der Waals surface area contributed by atoms with Crippen LogP contribution in [0.3, 0.4) is 0 Å². The van der Waals surface area contributed by atoms with Gasteiger partial charge in [0.2, 0.25) is 5.95 Å². The number of carbonyl (C=O) groups is 1. The Bertz CT molecular complexity index is 538. The third-order valence-electron chi connectivity index (χ3n) is 2.28. The summed E-state index contributed by atoms with van der Waals surface area (Å²) in [6.07, 6.45) is 1.48. The first-order valence-electron chi connectivity index (χ1n) is 5.51. The van der Waals surface area contributed by atoms with Crippen LogP contribution in [0.4, 0.5) is 5.95 Å². The maximum Gasteiger partial charge on any atom is 0.299 e. The second kappa shape index (κ2) is 5.25. The Kier molecular flexibility index (Phi) is 3.51. The molecule has 9 nitrogen and oxygen atoms in total. The summed E-state index contributed by atoms with van der Waals surface area (Å²) in [5.41, 5.74) is 1.64. The number of nitrogens with zero attached hydrogens (tertiary/aromatic N) is 6. The molecule has 0 atom stereocenters. The molecule has 0 aliphatic carbocycles. The topological polar surface area (TPSA) is 122 Å². The largest absolute Gasteiger partial charge is 0.299 e. The highest BCUT2D eigenvalue weighted by molar-refractivity contribution is 6.00. The van der Waals surface area contributed by atoms with E-state index in [1.165, 1.54) is 0 Å². The molecular weight excluding hydrogens is 236 g/mol. The molecule has 0 aliphatic heterocycles. The van der Waals surface area contributed by atoms with Crippen molar-refractivity contribution in [3.8, 4) is 0 Å². The number of H-pyrrole nitrogens is 1. The lowest BCUT2D eigenvalue weighted by molar-refractivity contribution is 0.101. The molecule has 18 heavy (non-hydrogen) atoms. The van der Waals surface area contributed by atoms with Crippen LogP contribution in [-0.4, -0.2) is 41.7 Å². The summed E-state index contributed by atoms with van der Waals surface area (Å²) in [7, 11) is 0. The number of hydrogen-bond acceptors (Lipinski definition) is 7. The van der Waals surface area contributed by atoms with E-state index in [1.807, 2.05) is 13.8 Å². The SMILES string of the molecule is CCc1nnc(NC(=O)c2nn[nH]n2)nc1CC. The quantitative estimate of drug-likeness (QED) is 0.765. The summed E-state index contributed by atoms with van der Waals surface area (Å²) in [5, 5.41) is 22.9. The molecule has 0 saturated carbocycles. The fourth-order valence-corrected chi connectivity index (χ4v) is 1.41. The molecule has 2 rings (SSSR count). The number of aromatic nitrogens is 7. The summed E-state index contributed by atoms with van der Waals surface area (Å²) >= 11 is 0. The van der Waals surface area contributed by atoms with Gasteiger partial charge in [0.25, 0.3) is 11.7 Å². The second-order valence-electron chi connectivity index (χ2n) is 3.43. The minimum absolute atomic E-state index is 0.0729. The Balaban J connectivity index is 2.17. The molecule has 2 aromatic heterocycles. The molecule has 2 aromatic rings. The van der Waals surface area contributed by atoms with Crippen LogP contribution >= 0.6 is 0 Å². The van der Waals surface area contributed by atoms with Crippen LogP contribution in [0, 0.1) is 0 Å². The average Bonchev–Trinajstić information content (AvgIpc) is 2.92. The Labute approximate surface area is 102 Å². The van der Waals surface area contributed by atoms with Gasteiger partial charge in [-0.05, 0) is 18.1 Å². The van der Waals surface area contributed by atoms with Crippen molar-refractivity contribution < 1.29 is 4.79 Å². The van der Waals surface area contributed by atoms with Gasteiger partial charge in [0.1, 0.15) is 0 Å². The number of rotatable bonds is 4. The first-order chi connectivity index (χ1) is 8.74. The minimum atomic E-state index is -0.531. The maximum atomic E-state index is 11.6. The number of anilines is 1. The van der Waals surface area contributed by atoms with Crippen molar-refractivity contribution >= 4 is 11.9 Å². The molecule has 2 N–H and O–H groups in total. The second-order valence-corrected chi connectivity index (χ2v) is 3.43. The van der Waals surface area contributed by atoms with Gasteiger partial charge in [0.05, 0.1) is 11.4 Å². The van der Waals surface area contributed by atoms with E-state index < -0.39 is 5.91 Å².